The van der Waals surface area contributed by atoms with Crippen LogP contribution < -0.4 is 4.90 Å². The molecule has 1 aromatic carbocycles. The molecule has 3 nitrogen and oxygen atoms in total. The van der Waals surface area contributed by atoms with Crippen molar-refractivity contribution in [3.05, 3.63) is 47.5 Å². The van der Waals surface area contributed by atoms with E-state index >= 15 is 0 Å². The fourth-order valence-electron chi connectivity index (χ4n) is 2.59. The molecule has 20 heavy (non-hydrogen) atoms. The van der Waals surface area contributed by atoms with Crippen LogP contribution in [0.5, 0.6) is 0 Å². The Morgan fingerprint density at radius 2 is 1.75 bits per heavy atom. The molecule has 2 aromatic rings. The Morgan fingerprint density at radius 1 is 1.05 bits per heavy atom. The lowest BCUT2D eigenvalue weighted by Gasteiger charge is -2.18. The number of rotatable bonds is 2. The maximum atomic E-state index is 9.26. The van der Waals surface area contributed by atoms with Gasteiger partial charge in [-0.3, -0.25) is 0 Å². The normalized spacial score (nSPS) is 14.3. The van der Waals surface area contributed by atoms with E-state index in [1.54, 1.807) is 0 Å². The molecule has 1 aliphatic rings. The van der Waals surface area contributed by atoms with Crippen molar-refractivity contribution in [1.82, 2.24) is 4.98 Å². The molecule has 0 radical (unpaired) electrons. The summed E-state index contributed by atoms with van der Waals surface area (Å²) < 4.78 is 0. The number of aryl methyl sites for hydroxylation is 1. The lowest BCUT2D eigenvalue weighted by Crippen LogP contribution is -2.20. The van der Waals surface area contributed by atoms with Crippen LogP contribution in [0.1, 0.15) is 24.0 Å². The molecule has 3 heteroatoms. The summed E-state index contributed by atoms with van der Waals surface area (Å²) in [7, 11) is 0. The van der Waals surface area contributed by atoms with Crippen LogP contribution in [0.4, 0.5) is 5.82 Å². The molecular formula is C17H17N3. The van der Waals surface area contributed by atoms with Crippen LogP contribution in [0.25, 0.3) is 11.3 Å². The number of benzene rings is 1. The number of hydrogen-bond donors (Lipinski definition) is 0. The number of nitriles is 1. The lowest BCUT2D eigenvalue weighted by molar-refractivity contribution is 0.935. The van der Waals surface area contributed by atoms with Gasteiger partial charge in [0.25, 0.3) is 0 Å². The first kappa shape index (κ1) is 12.7. The van der Waals surface area contributed by atoms with E-state index in [0.717, 1.165) is 30.2 Å². The molecule has 2 heterocycles. The third-order valence-corrected chi connectivity index (χ3v) is 3.75. The van der Waals surface area contributed by atoms with Crippen LogP contribution in [0, 0.1) is 18.3 Å². The molecule has 100 valence electrons. The molecule has 0 N–H and O–H groups in total. The van der Waals surface area contributed by atoms with Gasteiger partial charge in [0.05, 0.1) is 11.3 Å². The largest absolute Gasteiger partial charge is 0.356 e. The average molecular weight is 263 g/mol. The summed E-state index contributed by atoms with van der Waals surface area (Å²) in [5, 5.41) is 9.26. The summed E-state index contributed by atoms with van der Waals surface area (Å²) in [5.74, 6) is 0.836. The zero-order valence-corrected chi connectivity index (χ0v) is 11.6. The smallest absolute Gasteiger partial charge is 0.147 e. The van der Waals surface area contributed by atoms with Crippen LogP contribution in [0.15, 0.2) is 36.4 Å². The Kier molecular flexibility index (Phi) is 3.39. The van der Waals surface area contributed by atoms with Crippen molar-refractivity contribution >= 4 is 5.82 Å². The minimum atomic E-state index is 0.669. The van der Waals surface area contributed by atoms with E-state index in [1.165, 1.54) is 18.4 Å². The standard InChI is InChI=1S/C17H17N3/c1-13-4-6-14(7-5-13)16-9-8-15(12-18)17(19-16)20-10-2-3-11-20/h4-9H,2-3,10-11H2,1H3. The van der Waals surface area contributed by atoms with Gasteiger partial charge in [-0.15, -0.1) is 0 Å². The summed E-state index contributed by atoms with van der Waals surface area (Å²) in [6.07, 6.45) is 2.36. The van der Waals surface area contributed by atoms with Gasteiger partial charge in [0.1, 0.15) is 11.9 Å². The molecule has 0 amide bonds. The highest BCUT2D eigenvalue weighted by molar-refractivity contribution is 5.65. The minimum absolute atomic E-state index is 0.669. The number of anilines is 1. The highest BCUT2D eigenvalue weighted by atomic mass is 15.2. The molecule has 1 fully saturated rings. The molecule has 0 bridgehead atoms. The highest BCUT2D eigenvalue weighted by Crippen LogP contribution is 2.26. The van der Waals surface area contributed by atoms with Crippen molar-refractivity contribution in [2.45, 2.75) is 19.8 Å². The predicted molar refractivity (Wildman–Crippen MR) is 80.6 cm³/mol. The molecule has 1 saturated heterocycles. The zero-order chi connectivity index (χ0) is 13.9. The number of aromatic nitrogens is 1. The first-order valence-corrected chi connectivity index (χ1v) is 7.01. The maximum absolute atomic E-state index is 9.26. The molecule has 0 saturated carbocycles. The first-order chi connectivity index (χ1) is 9.78. The van der Waals surface area contributed by atoms with Gasteiger partial charge in [0, 0.05) is 18.7 Å². The van der Waals surface area contributed by atoms with Gasteiger partial charge < -0.3 is 4.90 Å². The van der Waals surface area contributed by atoms with Gasteiger partial charge in [0.15, 0.2) is 0 Å². The second kappa shape index (κ2) is 5.34. The second-order valence-corrected chi connectivity index (χ2v) is 5.24. The Hall–Kier alpha value is -2.34. The topological polar surface area (TPSA) is 39.9 Å². The quantitative estimate of drug-likeness (QED) is 0.832. The van der Waals surface area contributed by atoms with Crippen molar-refractivity contribution in [1.29, 1.82) is 5.26 Å². The van der Waals surface area contributed by atoms with Gasteiger partial charge in [-0.05, 0) is 31.9 Å². The first-order valence-electron chi connectivity index (χ1n) is 7.01. The highest BCUT2D eigenvalue weighted by Gasteiger charge is 2.18. The van der Waals surface area contributed by atoms with Crippen LogP contribution in [0.3, 0.4) is 0 Å². The second-order valence-electron chi connectivity index (χ2n) is 5.24. The van der Waals surface area contributed by atoms with Crippen molar-refractivity contribution in [3.63, 3.8) is 0 Å². The summed E-state index contributed by atoms with van der Waals surface area (Å²) in [6, 6.07) is 14.4. The SMILES string of the molecule is Cc1ccc(-c2ccc(C#N)c(N3CCCC3)n2)cc1. The van der Waals surface area contributed by atoms with E-state index in [0.29, 0.717) is 5.56 Å². The molecule has 1 aromatic heterocycles. The monoisotopic (exact) mass is 263 g/mol. The van der Waals surface area contributed by atoms with Crippen molar-refractivity contribution in [2.24, 2.45) is 0 Å². The van der Waals surface area contributed by atoms with Crippen LogP contribution in [-0.2, 0) is 0 Å². The van der Waals surface area contributed by atoms with E-state index < -0.39 is 0 Å². The number of hydrogen-bond acceptors (Lipinski definition) is 3. The fourth-order valence-corrected chi connectivity index (χ4v) is 2.59. The van der Waals surface area contributed by atoms with Gasteiger partial charge in [0.2, 0.25) is 0 Å². The van der Waals surface area contributed by atoms with E-state index in [2.05, 4.69) is 42.2 Å². The van der Waals surface area contributed by atoms with E-state index in [1.807, 2.05) is 12.1 Å². The van der Waals surface area contributed by atoms with Crippen molar-refractivity contribution in [3.8, 4) is 17.3 Å². The van der Waals surface area contributed by atoms with Crippen LogP contribution in [-0.4, -0.2) is 18.1 Å². The fraction of sp³-hybridized carbons (Fsp3) is 0.294. The van der Waals surface area contributed by atoms with Crippen molar-refractivity contribution in [2.75, 3.05) is 18.0 Å². The van der Waals surface area contributed by atoms with Gasteiger partial charge in [-0.25, -0.2) is 4.98 Å². The summed E-state index contributed by atoms with van der Waals surface area (Å²) >= 11 is 0. The number of pyridine rings is 1. The van der Waals surface area contributed by atoms with Gasteiger partial charge in [-0.2, -0.15) is 5.26 Å². The van der Waals surface area contributed by atoms with E-state index in [4.69, 9.17) is 4.98 Å². The third-order valence-electron chi connectivity index (χ3n) is 3.75. The predicted octanol–water partition coefficient (Wildman–Crippen LogP) is 3.53. The molecule has 0 spiro atoms. The zero-order valence-electron chi connectivity index (χ0n) is 11.6. The number of nitrogens with zero attached hydrogens (tertiary/aromatic N) is 3. The van der Waals surface area contributed by atoms with Crippen LogP contribution in [0.2, 0.25) is 0 Å². The molecule has 0 aliphatic carbocycles. The molecule has 3 rings (SSSR count). The van der Waals surface area contributed by atoms with Crippen molar-refractivity contribution < 1.29 is 0 Å². The average Bonchev–Trinajstić information content (AvgIpc) is 3.01. The van der Waals surface area contributed by atoms with E-state index in [9.17, 15) is 5.26 Å². The lowest BCUT2D eigenvalue weighted by atomic mass is 10.1. The molecule has 0 unspecified atom stereocenters. The summed E-state index contributed by atoms with van der Waals surface area (Å²) in [5.41, 5.74) is 3.94. The van der Waals surface area contributed by atoms with Gasteiger partial charge >= 0.3 is 0 Å². The summed E-state index contributed by atoms with van der Waals surface area (Å²) in [6.45, 7) is 4.07. The Balaban J connectivity index is 2.03. The molecule has 1 aliphatic heterocycles. The Labute approximate surface area is 119 Å². The molecule has 0 atom stereocenters. The Morgan fingerprint density at radius 3 is 2.40 bits per heavy atom. The maximum Gasteiger partial charge on any atom is 0.147 e. The third kappa shape index (κ3) is 2.37. The Bertz CT molecular complexity index is 647. The van der Waals surface area contributed by atoms with Crippen LogP contribution >= 0.6 is 0 Å². The van der Waals surface area contributed by atoms with E-state index in [-0.39, 0.29) is 0 Å². The molecular weight excluding hydrogens is 246 g/mol. The minimum Gasteiger partial charge on any atom is -0.356 e. The summed E-state index contributed by atoms with van der Waals surface area (Å²) in [4.78, 5) is 6.95. The van der Waals surface area contributed by atoms with Gasteiger partial charge in [-0.1, -0.05) is 29.8 Å².